The first-order chi connectivity index (χ1) is 18.1. The molecule has 4 rings (SSSR count). The first-order valence-electron chi connectivity index (χ1n) is 13.2. The molecule has 0 aromatic heterocycles. The molecule has 1 N–H and O–H groups in total. The van der Waals surface area contributed by atoms with Gasteiger partial charge in [0.15, 0.2) is 0 Å². The van der Waals surface area contributed by atoms with Crippen LogP contribution in [0.5, 0.6) is 0 Å². The average molecular weight is 515 g/mol. The third-order valence-electron chi connectivity index (χ3n) is 6.87. The van der Waals surface area contributed by atoms with Crippen LogP contribution in [0.1, 0.15) is 48.8 Å². The van der Waals surface area contributed by atoms with Gasteiger partial charge >= 0.3 is 0 Å². The van der Waals surface area contributed by atoms with Crippen molar-refractivity contribution in [2.75, 3.05) is 6.54 Å². The molecule has 1 aliphatic carbocycles. The van der Waals surface area contributed by atoms with E-state index in [2.05, 4.69) is 11.4 Å². The van der Waals surface area contributed by atoms with Crippen LogP contribution < -0.4 is 5.32 Å². The number of benzene rings is 3. The van der Waals surface area contributed by atoms with Crippen molar-refractivity contribution in [2.45, 2.75) is 57.5 Å². The average Bonchev–Trinajstić information content (AvgIpc) is 2.93. The van der Waals surface area contributed by atoms with Gasteiger partial charge in [-0.2, -0.15) is 0 Å². The van der Waals surface area contributed by atoms with E-state index in [0.717, 1.165) is 36.0 Å². The van der Waals surface area contributed by atoms with E-state index in [-0.39, 0.29) is 18.2 Å². The van der Waals surface area contributed by atoms with Gasteiger partial charge in [0, 0.05) is 24.5 Å². The summed E-state index contributed by atoms with van der Waals surface area (Å²) in [5, 5.41) is 3.79. The number of amides is 2. The molecule has 37 heavy (non-hydrogen) atoms. The number of hydrogen-bond acceptors (Lipinski definition) is 2. The van der Waals surface area contributed by atoms with Gasteiger partial charge in [0.1, 0.15) is 6.04 Å². The van der Waals surface area contributed by atoms with Crippen molar-refractivity contribution < 1.29 is 9.59 Å². The second kappa shape index (κ2) is 13.8. The molecule has 2 amide bonds. The molecule has 0 saturated heterocycles. The molecule has 3 aromatic rings. The summed E-state index contributed by atoms with van der Waals surface area (Å²) in [6.07, 6.45) is 8.57. The summed E-state index contributed by atoms with van der Waals surface area (Å²) in [5.74, 6) is -0.192. The quantitative estimate of drug-likeness (QED) is 0.296. The van der Waals surface area contributed by atoms with Crippen molar-refractivity contribution in [3.05, 3.63) is 118 Å². The van der Waals surface area contributed by atoms with Crippen LogP contribution in [0, 0.1) is 0 Å². The van der Waals surface area contributed by atoms with Crippen LogP contribution in [0.2, 0.25) is 5.02 Å². The Hall–Kier alpha value is -3.37. The highest BCUT2D eigenvalue weighted by atomic mass is 35.5. The van der Waals surface area contributed by atoms with Crippen molar-refractivity contribution in [3.63, 3.8) is 0 Å². The fourth-order valence-corrected chi connectivity index (χ4v) is 4.93. The summed E-state index contributed by atoms with van der Waals surface area (Å²) < 4.78 is 0. The molecule has 4 nitrogen and oxygen atoms in total. The number of allylic oxidation sites excluding steroid dienone is 1. The lowest BCUT2D eigenvalue weighted by Crippen LogP contribution is -2.51. The lowest BCUT2D eigenvalue weighted by atomic mass is 9.97. The maximum absolute atomic E-state index is 13.8. The largest absolute Gasteiger partial charge is 0.354 e. The SMILES string of the molecule is O=C(NCCC1=CCCCC1)C(Cc1ccccc1)N(Cc1ccc(Cl)cc1)C(=O)Cc1ccccc1. The monoisotopic (exact) mass is 514 g/mol. The Balaban J connectivity index is 1.57. The van der Waals surface area contributed by atoms with Crippen LogP contribution >= 0.6 is 11.6 Å². The molecule has 0 spiro atoms. The fraction of sp³-hybridized carbons (Fsp3) is 0.312. The molecule has 0 radical (unpaired) electrons. The molecule has 1 unspecified atom stereocenters. The second-order valence-corrected chi connectivity index (χ2v) is 10.1. The Morgan fingerprint density at radius 2 is 1.51 bits per heavy atom. The molecule has 0 bridgehead atoms. The topological polar surface area (TPSA) is 49.4 Å². The predicted octanol–water partition coefficient (Wildman–Crippen LogP) is 6.53. The molecular formula is C32H35ClN2O2. The summed E-state index contributed by atoms with van der Waals surface area (Å²) in [5.41, 5.74) is 4.30. The van der Waals surface area contributed by atoms with Gasteiger partial charge in [0.05, 0.1) is 6.42 Å². The van der Waals surface area contributed by atoms with Gasteiger partial charge in [-0.25, -0.2) is 0 Å². The first-order valence-corrected chi connectivity index (χ1v) is 13.5. The van der Waals surface area contributed by atoms with Crippen molar-refractivity contribution in [3.8, 4) is 0 Å². The van der Waals surface area contributed by atoms with Crippen molar-refractivity contribution in [2.24, 2.45) is 0 Å². The van der Waals surface area contributed by atoms with E-state index in [1.54, 1.807) is 4.90 Å². The van der Waals surface area contributed by atoms with E-state index in [4.69, 9.17) is 11.6 Å². The number of nitrogens with zero attached hydrogens (tertiary/aromatic N) is 1. The van der Waals surface area contributed by atoms with Gasteiger partial charge in [-0.15, -0.1) is 0 Å². The van der Waals surface area contributed by atoms with E-state index in [9.17, 15) is 9.59 Å². The molecule has 0 heterocycles. The summed E-state index contributed by atoms with van der Waals surface area (Å²) in [4.78, 5) is 29.2. The maximum atomic E-state index is 13.8. The normalized spacial score (nSPS) is 13.9. The van der Waals surface area contributed by atoms with Gasteiger partial charge in [-0.05, 0) is 60.9 Å². The van der Waals surface area contributed by atoms with Crippen molar-refractivity contribution in [1.29, 1.82) is 0 Å². The van der Waals surface area contributed by atoms with E-state index in [1.165, 1.54) is 18.4 Å². The van der Waals surface area contributed by atoms with Crippen LogP contribution in [-0.2, 0) is 29.0 Å². The Labute approximate surface area is 225 Å². The zero-order chi connectivity index (χ0) is 25.9. The molecule has 1 aliphatic rings. The van der Waals surface area contributed by atoms with Crippen molar-refractivity contribution >= 4 is 23.4 Å². The standard InChI is InChI=1S/C32H35ClN2O2/c33-29-18-16-28(17-19-29)24-35(31(36)23-27-14-8-3-9-15-27)30(22-26-12-6-2-7-13-26)32(37)34-21-20-25-10-4-1-5-11-25/h2-3,6-10,12-19,30H,1,4-5,11,20-24H2,(H,34,37). The fourth-order valence-electron chi connectivity index (χ4n) is 4.81. The Morgan fingerprint density at radius 3 is 2.16 bits per heavy atom. The predicted molar refractivity (Wildman–Crippen MR) is 150 cm³/mol. The summed E-state index contributed by atoms with van der Waals surface area (Å²) in [6, 6.07) is 26.4. The number of rotatable bonds is 11. The lowest BCUT2D eigenvalue weighted by Gasteiger charge is -2.32. The molecule has 3 aromatic carbocycles. The minimum atomic E-state index is -0.630. The molecule has 192 valence electrons. The van der Waals surface area contributed by atoms with E-state index in [1.807, 2.05) is 84.9 Å². The number of halogens is 1. The minimum absolute atomic E-state index is 0.0766. The third kappa shape index (κ3) is 8.33. The number of hydrogen-bond donors (Lipinski definition) is 1. The van der Waals surface area contributed by atoms with Crippen LogP contribution in [-0.4, -0.2) is 29.3 Å². The first kappa shape index (κ1) is 26.7. The minimum Gasteiger partial charge on any atom is -0.354 e. The van der Waals surface area contributed by atoms with Crippen LogP contribution in [0.3, 0.4) is 0 Å². The van der Waals surface area contributed by atoms with Gasteiger partial charge in [-0.3, -0.25) is 9.59 Å². The van der Waals surface area contributed by atoms with E-state index >= 15 is 0 Å². The number of carbonyl (C=O) groups excluding carboxylic acids is 2. The van der Waals surface area contributed by atoms with Gasteiger partial charge in [0.2, 0.25) is 11.8 Å². The maximum Gasteiger partial charge on any atom is 0.243 e. The molecule has 0 aliphatic heterocycles. The highest BCUT2D eigenvalue weighted by molar-refractivity contribution is 6.30. The smallest absolute Gasteiger partial charge is 0.243 e. The van der Waals surface area contributed by atoms with Crippen molar-refractivity contribution in [1.82, 2.24) is 10.2 Å². The Morgan fingerprint density at radius 1 is 0.838 bits per heavy atom. The summed E-state index contributed by atoms with van der Waals surface area (Å²) in [7, 11) is 0. The molecule has 5 heteroatoms. The van der Waals surface area contributed by atoms with Gasteiger partial charge in [0.25, 0.3) is 0 Å². The number of carbonyl (C=O) groups is 2. The summed E-state index contributed by atoms with van der Waals surface area (Å²) in [6.45, 7) is 0.913. The van der Waals surface area contributed by atoms with Crippen LogP contribution in [0.4, 0.5) is 0 Å². The third-order valence-corrected chi connectivity index (χ3v) is 7.12. The zero-order valence-electron chi connectivity index (χ0n) is 21.2. The Bertz CT molecular complexity index is 1180. The lowest BCUT2D eigenvalue weighted by molar-refractivity contribution is -0.140. The zero-order valence-corrected chi connectivity index (χ0v) is 22.0. The number of nitrogens with one attached hydrogen (secondary N) is 1. The Kier molecular flexibility index (Phi) is 9.96. The van der Waals surface area contributed by atoms with Gasteiger partial charge < -0.3 is 10.2 Å². The van der Waals surface area contributed by atoms with Crippen LogP contribution in [0.15, 0.2) is 96.6 Å². The highest BCUT2D eigenvalue weighted by Crippen LogP contribution is 2.20. The van der Waals surface area contributed by atoms with E-state index < -0.39 is 6.04 Å². The molecule has 1 atom stereocenters. The van der Waals surface area contributed by atoms with Gasteiger partial charge in [-0.1, -0.05) is 96.0 Å². The van der Waals surface area contributed by atoms with Crippen LogP contribution in [0.25, 0.3) is 0 Å². The highest BCUT2D eigenvalue weighted by Gasteiger charge is 2.30. The molecule has 0 fully saturated rings. The second-order valence-electron chi connectivity index (χ2n) is 9.67. The molecule has 0 saturated carbocycles. The summed E-state index contributed by atoms with van der Waals surface area (Å²) >= 11 is 6.11. The molecular weight excluding hydrogens is 480 g/mol. The van der Waals surface area contributed by atoms with E-state index in [0.29, 0.717) is 24.5 Å².